The van der Waals surface area contributed by atoms with Crippen LogP contribution in [-0.4, -0.2) is 28.0 Å². The Labute approximate surface area is 190 Å². The summed E-state index contributed by atoms with van der Waals surface area (Å²) >= 11 is 12.0. The van der Waals surface area contributed by atoms with Gasteiger partial charge in [-0.25, -0.2) is 8.42 Å². The van der Waals surface area contributed by atoms with E-state index in [9.17, 15) is 13.2 Å². The first kappa shape index (κ1) is 21.5. The highest BCUT2D eigenvalue weighted by Gasteiger charge is 2.33. The van der Waals surface area contributed by atoms with Crippen LogP contribution in [0.5, 0.6) is 5.75 Å². The second-order valence-corrected chi connectivity index (χ2v) is 9.66. The predicted octanol–water partition coefficient (Wildman–Crippen LogP) is 5.01. The van der Waals surface area contributed by atoms with Crippen LogP contribution in [0.3, 0.4) is 0 Å². The van der Waals surface area contributed by atoms with Crippen LogP contribution in [0.15, 0.2) is 65.6 Å². The SMILES string of the molecule is COc1cc(C(=O)Nc2cccc(Cl)c2)cc2c1CCN2S(=O)(=O)c1cccc(Cl)c1. The van der Waals surface area contributed by atoms with Crippen LogP contribution in [0.2, 0.25) is 10.0 Å². The lowest BCUT2D eigenvalue weighted by molar-refractivity contribution is 0.102. The first-order valence-corrected chi connectivity index (χ1v) is 11.6. The molecule has 0 unspecified atom stereocenters. The van der Waals surface area contributed by atoms with E-state index < -0.39 is 15.9 Å². The Hall–Kier alpha value is -2.74. The van der Waals surface area contributed by atoms with Gasteiger partial charge in [-0.3, -0.25) is 9.10 Å². The molecular formula is C22H18Cl2N2O4S. The van der Waals surface area contributed by atoms with Gasteiger partial charge in [-0.2, -0.15) is 0 Å². The molecule has 0 spiro atoms. The van der Waals surface area contributed by atoms with Gasteiger partial charge in [0.2, 0.25) is 0 Å². The molecule has 1 N–H and O–H groups in total. The highest BCUT2D eigenvalue weighted by molar-refractivity contribution is 7.92. The molecule has 0 bridgehead atoms. The molecule has 0 fully saturated rings. The normalized spacial score (nSPS) is 13.1. The number of methoxy groups -OCH3 is 1. The molecule has 0 aromatic heterocycles. The summed E-state index contributed by atoms with van der Waals surface area (Å²) in [4.78, 5) is 13.0. The molecule has 9 heteroatoms. The molecule has 0 radical (unpaired) electrons. The Kier molecular flexibility index (Phi) is 5.83. The predicted molar refractivity (Wildman–Crippen MR) is 122 cm³/mol. The average molecular weight is 477 g/mol. The van der Waals surface area contributed by atoms with Gasteiger partial charge < -0.3 is 10.1 Å². The van der Waals surface area contributed by atoms with Crippen molar-refractivity contribution in [2.75, 3.05) is 23.3 Å². The first-order chi connectivity index (χ1) is 14.8. The Morgan fingerprint density at radius 3 is 2.42 bits per heavy atom. The number of nitrogens with zero attached hydrogens (tertiary/aromatic N) is 1. The summed E-state index contributed by atoms with van der Waals surface area (Å²) in [5.41, 5.74) is 1.94. The summed E-state index contributed by atoms with van der Waals surface area (Å²) in [7, 11) is -2.37. The molecule has 1 aliphatic heterocycles. The van der Waals surface area contributed by atoms with Crippen molar-refractivity contribution in [2.24, 2.45) is 0 Å². The number of carbonyl (C=O) groups excluding carboxylic acids is 1. The van der Waals surface area contributed by atoms with Crippen LogP contribution in [0.25, 0.3) is 0 Å². The van der Waals surface area contributed by atoms with Gasteiger partial charge in [0.25, 0.3) is 15.9 Å². The van der Waals surface area contributed by atoms with E-state index >= 15 is 0 Å². The fraction of sp³-hybridized carbons (Fsp3) is 0.136. The van der Waals surface area contributed by atoms with Crippen molar-refractivity contribution in [3.05, 3.63) is 81.8 Å². The maximum Gasteiger partial charge on any atom is 0.264 e. The van der Waals surface area contributed by atoms with Gasteiger partial charge in [0, 0.05) is 33.4 Å². The number of carbonyl (C=O) groups is 1. The summed E-state index contributed by atoms with van der Waals surface area (Å²) in [6.45, 7) is 0.236. The lowest BCUT2D eigenvalue weighted by Gasteiger charge is -2.21. The molecule has 1 aliphatic rings. The van der Waals surface area contributed by atoms with Crippen molar-refractivity contribution < 1.29 is 17.9 Å². The highest BCUT2D eigenvalue weighted by Crippen LogP contribution is 2.40. The number of sulfonamides is 1. The second kappa shape index (κ2) is 8.42. The van der Waals surface area contributed by atoms with Crippen molar-refractivity contribution >= 4 is 50.5 Å². The Balaban J connectivity index is 1.73. The molecule has 0 aliphatic carbocycles. The summed E-state index contributed by atoms with van der Waals surface area (Å²) < 4.78 is 33.3. The van der Waals surface area contributed by atoms with Gasteiger partial charge in [0.15, 0.2) is 0 Å². The van der Waals surface area contributed by atoms with Crippen LogP contribution in [-0.2, 0) is 16.4 Å². The van der Waals surface area contributed by atoms with E-state index in [4.69, 9.17) is 27.9 Å². The lowest BCUT2D eigenvalue weighted by atomic mass is 10.1. The Morgan fingerprint density at radius 1 is 1.03 bits per heavy atom. The zero-order chi connectivity index (χ0) is 22.2. The summed E-state index contributed by atoms with van der Waals surface area (Å²) in [5, 5.41) is 3.59. The average Bonchev–Trinajstić information content (AvgIpc) is 3.18. The fourth-order valence-corrected chi connectivity index (χ4v) is 5.50. The molecule has 4 rings (SSSR count). The Morgan fingerprint density at radius 2 is 1.74 bits per heavy atom. The lowest BCUT2D eigenvalue weighted by Crippen LogP contribution is -2.29. The van der Waals surface area contributed by atoms with Crippen molar-refractivity contribution in [3.63, 3.8) is 0 Å². The number of halogens is 2. The quantitative estimate of drug-likeness (QED) is 0.561. The minimum atomic E-state index is -3.86. The number of rotatable bonds is 5. The van der Waals surface area contributed by atoms with E-state index in [1.54, 1.807) is 48.5 Å². The van der Waals surface area contributed by atoms with Crippen LogP contribution in [0.1, 0.15) is 15.9 Å². The minimum Gasteiger partial charge on any atom is -0.496 e. The number of nitrogens with one attached hydrogen (secondary N) is 1. The van der Waals surface area contributed by atoms with Crippen molar-refractivity contribution in [3.8, 4) is 5.75 Å². The third kappa shape index (κ3) is 4.21. The maximum absolute atomic E-state index is 13.3. The van der Waals surface area contributed by atoms with E-state index in [-0.39, 0.29) is 17.0 Å². The molecule has 3 aromatic carbocycles. The number of anilines is 2. The van der Waals surface area contributed by atoms with E-state index in [1.807, 2.05) is 0 Å². The number of hydrogen-bond donors (Lipinski definition) is 1. The van der Waals surface area contributed by atoms with Crippen molar-refractivity contribution in [2.45, 2.75) is 11.3 Å². The minimum absolute atomic E-state index is 0.0839. The number of benzene rings is 3. The van der Waals surface area contributed by atoms with E-state index in [2.05, 4.69) is 5.32 Å². The number of ether oxygens (including phenoxy) is 1. The number of amides is 1. The molecule has 6 nitrogen and oxygen atoms in total. The molecule has 160 valence electrons. The van der Waals surface area contributed by atoms with Crippen LogP contribution >= 0.6 is 23.2 Å². The molecule has 1 amide bonds. The molecule has 1 heterocycles. The van der Waals surface area contributed by atoms with Gasteiger partial charge in [0.05, 0.1) is 17.7 Å². The van der Waals surface area contributed by atoms with E-state index in [0.717, 1.165) is 5.56 Å². The van der Waals surface area contributed by atoms with Crippen LogP contribution in [0, 0.1) is 0 Å². The fourth-order valence-electron chi connectivity index (χ4n) is 3.53. The first-order valence-electron chi connectivity index (χ1n) is 9.36. The zero-order valence-corrected chi connectivity index (χ0v) is 18.8. The summed E-state index contributed by atoms with van der Waals surface area (Å²) in [6, 6.07) is 16.0. The molecule has 0 saturated heterocycles. The van der Waals surface area contributed by atoms with E-state index in [0.29, 0.717) is 33.6 Å². The third-order valence-corrected chi connectivity index (χ3v) is 7.25. The largest absolute Gasteiger partial charge is 0.496 e. The summed E-state index contributed by atoms with van der Waals surface area (Å²) in [5.74, 6) is 0.0490. The van der Waals surface area contributed by atoms with Gasteiger partial charge >= 0.3 is 0 Å². The number of hydrogen-bond acceptors (Lipinski definition) is 4. The molecule has 31 heavy (non-hydrogen) atoms. The van der Waals surface area contributed by atoms with Gasteiger partial charge in [-0.05, 0) is 55.0 Å². The standard InChI is InChI=1S/C22H18Cl2N2O4S/c1-30-21-11-14(22(27)25-17-6-2-4-15(23)12-17)10-20-19(21)8-9-26(20)31(28,29)18-7-3-5-16(24)13-18/h2-7,10-13H,8-9H2,1H3,(H,25,27). The van der Waals surface area contributed by atoms with Gasteiger partial charge in [-0.1, -0.05) is 35.3 Å². The Bertz CT molecular complexity index is 1280. The molecule has 3 aromatic rings. The number of fused-ring (bicyclic) bond motifs is 1. The molecule has 0 saturated carbocycles. The second-order valence-electron chi connectivity index (χ2n) is 6.93. The van der Waals surface area contributed by atoms with Gasteiger partial charge in [0.1, 0.15) is 5.75 Å². The highest BCUT2D eigenvalue weighted by atomic mass is 35.5. The van der Waals surface area contributed by atoms with Crippen LogP contribution in [0.4, 0.5) is 11.4 Å². The van der Waals surface area contributed by atoms with Gasteiger partial charge in [-0.15, -0.1) is 0 Å². The summed E-state index contributed by atoms with van der Waals surface area (Å²) in [6.07, 6.45) is 0.467. The van der Waals surface area contributed by atoms with Crippen molar-refractivity contribution in [1.29, 1.82) is 0 Å². The van der Waals surface area contributed by atoms with Crippen molar-refractivity contribution in [1.82, 2.24) is 0 Å². The monoisotopic (exact) mass is 476 g/mol. The smallest absolute Gasteiger partial charge is 0.264 e. The van der Waals surface area contributed by atoms with E-state index in [1.165, 1.54) is 23.5 Å². The molecular weight excluding hydrogens is 459 g/mol. The van der Waals surface area contributed by atoms with Crippen LogP contribution < -0.4 is 14.4 Å². The topological polar surface area (TPSA) is 75.7 Å². The molecule has 0 atom stereocenters. The zero-order valence-electron chi connectivity index (χ0n) is 16.4. The maximum atomic E-state index is 13.3. The third-order valence-electron chi connectivity index (χ3n) is 4.97.